The van der Waals surface area contributed by atoms with Crippen LogP contribution in [0.15, 0.2) is 76.1 Å². The molecule has 37 heavy (non-hydrogen) atoms. The zero-order valence-corrected chi connectivity index (χ0v) is 23.7. The lowest BCUT2D eigenvalue weighted by atomic mass is 9.81. The smallest absolute Gasteiger partial charge is 0.261 e. The fourth-order valence-electron chi connectivity index (χ4n) is 4.74. The van der Waals surface area contributed by atoms with Crippen LogP contribution in [0.2, 0.25) is 5.02 Å². The summed E-state index contributed by atoms with van der Waals surface area (Å²) >= 11 is 9.22. The minimum Gasteiger partial charge on any atom is -0.339 e. The summed E-state index contributed by atoms with van der Waals surface area (Å²) in [5, 5.41) is 0.606. The van der Waals surface area contributed by atoms with Gasteiger partial charge >= 0.3 is 0 Å². The van der Waals surface area contributed by atoms with Crippen molar-refractivity contribution in [3.05, 3.63) is 92.9 Å². The molecule has 0 bridgehead atoms. The zero-order chi connectivity index (χ0) is 26.7. The third-order valence-electron chi connectivity index (χ3n) is 6.92. The minimum absolute atomic E-state index is 0.00190. The Bertz CT molecular complexity index is 1400. The van der Waals surface area contributed by atoms with Gasteiger partial charge in [0.1, 0.15) is 0 Å². The zero-order valence-electron chi connectivity index (χ0n) is 20.6. The molecule has 1 aliphatic rings. The van der Waals surface area contributed by atoms with Crippen LogP contribution >= 0.6 is 27.5 Å². The number of rotatable bonds is 7. The number of benzene rings is 3. The van der Waals surface area contributed by atoms with Crippen LogP contribution in [-0.4, -0.2) is 38.1 Å². The number of halogens is 2. The molecule has 0 aliphatic heterocycles. The lowest BCUT2D eigenvalue weighted by molar-refractivity contribution is 0.0689. The number of ketones is 1. The predicted octanol–water partition coefficient (Wildman–Crippen LogP) is 6.90. The van der Waals surface area contributed by atoms with Gasteiger partial charge in [0.05, 0.1) is 4.90 Å². The molecular formula is C28H28BrClN2O4S. The number of carbonyl (C=O) groups excluding carboxylic acids is 2. The molecule has 0 saturated heterocycles. The van der Waals surface area contributed by atoms with E-state index in [9.17, 15) is 18.0 Å². The Kier molecular flexibility index (Phi) is 8.41. The van der Waals surface area contributed by atoms with Gasteiger partial charge in [-0.15, -0.1) is 0 Å². The van der Waals surface area contributed by atoms with E-state index < -0.39 is 10.0 Å². The highest BCUT2D eigenvalue weighted by Crippen LogP contribution is 2.35. The van der Waals surface area contributed by atoms with Gasteiger partial charge in [-0.1, -0.05) is 39.7 Å². The average molecular weight is 604 g/mol. The Morgan fingerprint density at radius 3 is 2.16 bits per heavy atom. The number of anilines is 1. The topological polar surface area (TPSA) is 83.6 Å². The second-order valence-corrected chi connectivity index (χ2v) is 12.3. The highest BCUT2D eigenvalue weighted by atomic mass is 79.9. The SMILES string of the molecule is CC(=O)c1cc(S(=O)(=O)Nc2ccc(C3CCC(N(C)C(=O)c4ccc(Cl)cc4)CC3)cc2)ccc1Br. The number of hydrogen-bond donors (Lipinski definition) is 1. The molecule has 0 heterocycles. The summed E-state index contributed by atoms with van der Waals surface area (Å²) in [5.74, 6) is 0.132. The third kappa shape index (κ3) is 6.43. The first-order valence-electron chi connectivity index (χ1n) is 12.0. The number of Topliss-reactive ketones (excluding diaryl/α,β-unsaturated/α-hetero) is 1. The van der Waals surface area contributed by atoms with Crippen molar-refractivity contribution in [2.45, 2.75) is 49.5 Å². The molecule has 3 aromatic rings. The van der Waals surface area contributed by atoms with E-state index in [2.05, 4.69) is 20.7 Å². The van der Waals surface area contributed by atoms with E-state index in [1.165, 1.54) is 19.1 Å². The monoisotopic (exact) mass is 602 g/mol. The Hall–Kier alpha value is -2.68. The fourth-order valence-corrected chi connectivity index (χ4v) is 6.47. The molecular weight excluding hydrogens is 576 g/mol. The van der Waals surface area contributed by atoms with E-state index >= 15 is 0 Å². The van der Waals surface area contributed by atoms with Crippen LogP contribution in [0.3, 0.4) is 0 Å². The molecule has 1 saturated carbocycles. The second-order valence-electron chi connectivity index (χ2n) is 9.35. The minimum atomic E-state index is -3.84. The van der Waals surface area contributed by atoms with Crippen molar-refractivity contribution in [2.24, 2.45) is 0 Å². The Labute approximate surface area is 231 Å². The second kappa shape index (κ2) is 11.4. The summed E-state index contributed by atoms with van der Waals surface area (Å²) in [5.41, 5.74) is 2.55. The third-order valence-corrected chi connectivity index (χ3v) is 9.24. The molecule has 0 atom stereocenters. The van der Waals surface area contributed by atoms with Crippen molar-refractivity contribution < 1.29 is 18.0 Å². The molecule has 6 nitrogen and oxygen atoms in total. The van der Waals surface area contributed by atoms with Crippen LogP contribution in [0, 0.1) is 0 Å². The summed E-state index contributed by atoms with van der Waals surface area (Å²) in [6, 6.07) is 19.0. The van der Waals surface area contributed by atoms with Gasteiger partial charge in [0.15, 0.2) is 5.78 Å². The lowest BCUT2D eigenvalue weighted by Gasteiger charge is -2.35. The molecule has 1 N–H and O–H groups in total. The first-order valence-corrected chi connectivity index (χ1v) is 14.7. The van der Waals surface area contributed by atoms with Crippen LogP contribution in [0.4, 0.5) is 5.69 Å². The van der Waals surface area contributed by atoms with Gasteiger partial charge in [0, 0.05) is 39.4 Å². The molecule has 0 aromatic heterocycles. The predicted molar refractivity (Wildman–Crippen MR) is 150 cm³/mol. The van der Waals surface area contributed by atoms with Crippen LogP contribution in [0.5, 0.6) is 0 Å². The van der Waals surface area contributed by atoms with E-state index in [0.717, 1.165) is 31.2 Å². The summed E-state index contributed by atoms with van der Waals surface area (Å²) in [7, 11) is -1.99. The number of amides is 1. The van der Waals surface area contributed by atoms with Crippen molar-refractivity contribution in [1.82, 2.24) is 4.90 Å². The molecule has 4 rings (SSSR count). The van der Waals surface area contributed by atoms with Crippen LogP contribution in [0.1, 0.15) is 64.8 Å². The standard InChI is InChI=1S/C28H28BrClN2O4S/c1-18(33)26-17-25(15-16-27(26)29)37(35,36)31-23-11-5-19(6-12-23)20-7-13-24(14-8-20)32(2)28(34)21-3-9-22(30)10-4-21/h3-6,9-12,15-17,20,24,31H,7-8,13-14H2,1-2H3. The number of carbonyl (C=O) groups is 2. The van der Waals surface area contributed by atoms with Gasteiger partial charge in [-0.3, -0.25) is 14.3 Å². The largest absolute Gasteiger partial charge is 0.339 e. The fraction of sp³-hybridized carbons (Fsp3) is 0.286. The Morgan fingerprint density at radius 1 is 0.946 bits per heavy atom. The van der Waals surface area contributed by atoms with Crippen molar-refractivity contribution >= 4 is 54.9 Å². The van der Waals surface area contributed by atoms with E-state index in [0.29, 0.717) is 32.2 Å². The summed E-state index contributed by atoms with van der Waals surface area (Å²) in [4.78, 5) is 26.5. The van der Waals surface area contributed by atoms with Crippen molar-refractivity contribution in [3.63, 3.8) is 0 Å². The van der Waals surface area contributed by atoms with Gasteiger partial charge in [0.2, 0.25) is 0 Å². The lowest BCUT2D eigenvalue weighted by Crippen LogP contribution is -2.39. The number of hydrogen-bond acceptors (Lipinski definition) is 4. The van der Waals surface area contributed by atoms with E-state index in [1.54, 1.807) is 42.5 Å². The Morgan fingerprint density at radius 2 is 1.57 bits per heavy atom. The number of nitrogens with zero attached hydrogens (tertiary/aromatic N) is 1. The highest BCUT2D eigenvalue weighted by molar-refractivity contribution is 9.10. The van der Waals surface area contributed by atoms with Gasteiger partial charge in [-0.2, -0.15) is 0 Å². The molecule has 0 radical (unpaired) electrons. The molecule has 9 heteroatoms. The quantitative estimate of drug-likeness (QED) is 0.298. The molecule has 194 valence electrons. The van der Waals surface area contributed by atoms with E-state index in [4.69, 9.17) is 11.6 Å². The maximum absolute atomic E-state index is 12.9. The molecule has 0 unspecified atom stereocenters. The summed E-state index contributed by atoms with van der Waals surface area (Å²) < 4.78 is 28.9. The van der Waals surface area contributed by atoms with Gasteiger partial charge < -0.3 is 4.90 Å². The van der Waals surface area contributed by atoms with Crippen molar-refractivity contribution in [1.29, 1.82) is 0 Å². The first-order chi connectivity index (χ1) is 17.5. The van der Waals surface area contributed by atoms with E-state index in [1.807, 2.05) is 24.1 Å². The van der Waals surface area contributed by atoms with Crippen LogP contribution in [-0.2, 0) is 10.0 Å². The highest BCUT2D eigenvalue weighted by Gasteiger charge is 2.28. The van der Waals surface area contributed by atoms with Crippen molar-refractivity contribution in [3.8, 4) is 0 Å². The normalized spacial score (nSPS) is 17.7. The molecule has 1 amide bonds. The van der Waals surface area contributed by atoms with Crippen LogP contribution in [0.25, 0.3) is 0 Å². The summed E-state index contributed by atoms with van der Waals surface area (Å²) in [6.07, 6.45) is 3.69. The summed E-state index contributed by atoms with van der Waals surface area (Å²) in [6.45, 7) is 1.39. The number of sulfonamides is 1. The Balaban J connectivity index is 1.37. The first kappa shape index (κ1) is 27.4. The van der Waals surface area contributed by atoms with Crippen molar-refractivity contribution in [2.75, 3.05) is 11.8 Å². The molecule has 3 aromatic carbocycles. The maximum Gasteiger partial charge on any atom is 0.261 e. The molecule has 1 fully saturated rings. The van der Waals surface area contributed by atoms with Gasteiger partial charge in [0.25, 0.3) is 15.9 Å². The van der Waals surface area contributed by atoms with Crippen LogP contribution < -0.4 is 4.72 Å². The molecule has 0 spiro atoms. The average Bonchev–Trinajstić information content (AvgIpc) is 2.88. The van der Waals surface area contributed by atoms with E-state index in [-0.39, 0.29) is 22.6 Å². The van der Waals surface area contributed by atoms with Gasteiger partial charge in [-0.25, -0.2) is 8.42 Å². The number of nitrogens with one attached hydrogen (secondary N) is 1. The molecule has 1 aliphatic carbocycles. The maximum atomic E-state index is 12.9. The van der Waals surface area contributed by atoms with Gasteiger partial charge in [-0.05, 0) is 98.7 Å².